The van der Waals surface area contributed by atoms with E-state index in [1.54, 1.807) is 0 Å². The summed E-state index contributed by atoms with van der Waals surface area (Å²) in [5.74, 6) is -1.35. The zero-order valence-electron chi connectivity index (χ0n) is 8.43. The van der Waals surface area contributed by atoms with Gasteiger partial charge in [0.15, 0.2) is 5.25 Å². The molecule has 0 aromatic carbocycles. The van der Waals surface area contributed by atoms with Crippen LogP contribution in [0, 0.1) is 0 Å². The van der Waals surface area contributed by atoms with Crippen LogP contribution >= 0.6 is 0 Å². The summed E-state index contributed by atoms with van der Waals surface area (Å²) < 4.78 is 28.6. The molecule has 1 N–H and O–H groups in total. The molecule has 0 saturated heterocycles. The van der Waals surface area contributed by atoms with Crippen LogP contribution < -0.4 is 0 Å². The van der Waals surface area contributed by atoms with Gasteiger partial charge in [-0.1, -0.05) is 0 Å². The van der Waals surface area contributed by atoms with Crippen molar-refractivity contribution in [1.82, 2.24) is 4.31 Å². The van der Waals surface area contributed by atoms with Crippen molar-refractivity contribution in [3.8, 4) is 0 Å². The lowest BCUT2D eigenvalue weighted by atomic mass is 10.5. The van der Waals surface area contributed by atoms with E-state index < -0.39 is 21.2 Å². The van der Waals surface area contributed by atoms with Crippen molar-refractivity contribution in [2.75, 3.05) is 27.3 Å². The number of methoxy groups -OCH3 is 1. The van der Waals surface area contributed by atoms with E-state index >= 15 is 0 Å². The number of aliphatic carboxylic acids is 1. The van der Waals surface area contributed by atoms with Gasteiger partial charge >= 0.3 is 5.97 Å². The van der Waals surface area contributed by atoms with Gasteiger partial charge in [0.2, 0.25) is 10.0 Å². The first-order valence-electron chi connectivity index (χ1n) is 4.01. The molecule has 6 nitrogen and oxygen atoms in total. The fourth-order valence-corrected chi connectivity index (χ4v) is 1.87. The maximum atomic E-state index is 11.5. The molecule has 0 spiro atoms. The van der Waals surface area contributed by atoms with Crippen LogP contribution in [0.5, 0.6) is 0 Å². The van der Waals surface area contributed by atoms with Crippen molar-refractivity contribution in [3.05, 3.63) is 0 Å². The molecule has 14 heavy (non-hydrogen) atoms. The van der Waals surface area contributed by atoms with Gasteiger partial charge in [0.1, 0.15) is 0 Å². The van der Waals surface area contributed by atoms with Gasteiger partial charge in [0, 0.05) is 20.7 Å². The number of carboxylic acid groups (broad SMARTS) is 1. The molecule has 1 unspecified atom stereocenters. The van der Waals surface area contributed by atoms with E-state index in [2.05, 4.69) is 0 Å². The minimum absolute atomic E-state index is 0.149. The summed E-state index contributed by atoms with van der Waals surface area (Å²) in [6.45, 7) is 1.53. The average molecular weight is 225 g/mol. The summed E-state index contributed by atoms with van der Waals surface area (Å²) in [6.07, 6.45) is 0. The number of carbonyl (C=O) groups is 1. The maximum absolute atomic E-state index is 11.5. The highest BCUT2D eigenvalue weighted by Crippen LogP contribution is 2.06. The van der Waals surface area contributed by atoms with Crippen LogP contribution in [0.25, 0.3) is 0 Å². The van der Waals surface area contributed by atoms with Crippen molar-refractivity contribution >= 4 is 16.0 Å². The number of hydrogen-bond donors (Lipinski definition) is 1. The number of carboxylic acids is 1. The zero-order chi connectivity index (χ0) is 11.4. The first-order valence-corrected chi connectivity index (χ1v) is 5.51. The summed E-state index contributed by atoms with van der Waals surface area (Å²) in [5.41, 5.74) is 0. The number of ether oxygens (including phenoxy) is 1. The molecule has 0 aromatic heterocycles. The molecule has 0 fully saturated rings. The summed E-state index contributed by atoms with van der Waals surface area (Å²) >= 11 is 0. The fourth-order valence-electron chi connectivity index (χ4n) is 0.744. The van der Waals surface area contributed by atoms with Crippen LogP contribution in [0.15, 0.2) is 0 Å². The Kier molecular flexibility index (Phi) is 5.03. The molecular weight excluding hydrogens is 210 g/mol. The third kappa shape index (κ3) is 3.24. The molecule has 0 aliphatic carbocycles. The van der Waals surface area contributed by atoms with Crippen molar-refractivity contribution in [3.63, 3.8) is 0 Å². The second-order valence-corrected chi connectivity index (χ2v) is 5.20. The van der Waals surface area contributed by atoms with Crippen LogP contribution in [0.2, 0.25) is 0 Å². The molecule has 7 heteroatoms. The number of hydrogen-bond acceptors (Lipinski definition) is 4. The first-order chi connectivity index (χ1) is 6.34. The Balaban J connectivity index is 4.53. The highest BCUT2D eigenvalue weighted by atomic mass is 32.2. The summed E-state index contributed by atoms with van der Waals surface area (Å²) in [6, 6.07) is 0. The second-order valence-electron chi connectivity index (χ2n) is 2.84. The van der Waals surface area contributed by atoms with E-state index in [0.29, 0.717) is 0 Å². The minimum atomic E-state index is -3.76. The summed E-state index contributed by atoms with van der Waals surface area (Å²) in [4.78, 5) is 10.5. The lowest BCUT2D eigenvalue weighted by Crippen LogP contribution is -2.40. The van der Waals surface area contributed by atoms with Gasteiger partial charge in [0.25, 0.3) is 0 Å². The highest BCUT2D eigenvalue weighted by Gasteiger charge is 2.31. The number of sulfonamides is 1. The van der Waals surface area contributed by atoms with Crippen molar-refractivity contribution < 1.29 is 23.1 Å². The van der Waals surface area contributed by atoms with E-state index in [1.165, 1.54) is 14.2 Å². The van der Waals surface area contributed by atoms with E-state index in [4.69, 9.17) is 9.84 Å². The zero-order valence-corrected chi connectivity index (χ0v) is 9.24. The van der Waals surface area contributed by atoms with E-state index in [0.717, 1.165) is 11.2 Å². The molecule has 0 amide bonds. The Hall–Kier alpha value is -0.660. The Morgan fingerprint density at radius 2 is 2.07 bits per heavy atom. The van der Waals surface area contributed by atoms with Gasteiger partial charge in [0.05, 0.1) is 6.61 Å². The first kappa shape index (κ1) is 13.3. The average Bonchev–Trinajstić information content (AvgIpc) is 2.12. The Labute approximate surface area is 83.5 Å². The van der Waals surface area contributed by atoms with Crippen molar-refractivity contribution in [2.24, 2.45) is 0 Å². The van der Waals surface area contributed by atoms with Gasteiger partial charge in [-0.25, -0.2) is 12.7 Å². The second kappa shape index (κ2) is 5.28. The highest BCUT2D eigenvalue weighted by molar-refractivity contribution is 7.90. The summed E-state index contributed by atoms with van der Waals surface area (Å²) in [5, 5.41) is 7.13. The van der Waals surface area contributed by atoms with E-state index in [-0.39, 0.29) is 13.2 Å². The Morgan fingerprint density at radius 3 is 2.43 bits per heavy atom. The van der Waals surface area contributed by atoms with Gasteiger partial charge < -0.3 is 9.84 Å². The number of likely N-dealkylation sites (N-methyl/N-ethyl adjacent to an activating group) is 1. The normalized spacial score (nSPS) is 14.3. The maximum Gasteiger partial charge on any atom is 0.323 e. The summed E-state index contributed by atoms with van der Waals surface area (Å²) in [7, 11) is -0.984. The Morgan fingerprint density at radius 1 is 1.57 bits per heavy atom. The molecule has 0 rings (SSSR count). The van der Waals surface area contributed by atoms with Gasteiger partial charge in [-0.3, -0.25) is 4.79 Å². The quantitative estimate of drug-likeness (QED) is 0.650. The molecule has 0 aromatic rings. The molecule has 0 aliphatic heterocycles. The molecule has 84 valence electrons. The van der Waals surface area contributed by atoms with Crippen LogP contribution in [0.4, 0.5) is 0 Å². The Bertz CT molecular complexity index is 286. The molecule has 0 aliphatic rings. The van der Waals surface area contributed by atoms with Crippen molar-refractivity contribution in [2.45, 2.75) is 12.2 Å². The van der Waals surface area contributed by atoms with Gasteiger partial charge in [-0.15, -0.1) is 0 Å². The topological polar surface area (TPSA) is 83.9 Å². The monoisotopic (exact) mass is 225 g/mol. The number of nitrogens with zero attached hydrogens (tertiary/aromatic N) is 1. The largest absolute Gasteiger partial charge is 0.480 e. The number of rotatable bonds is 6. The standard InChI is InChI=1S/C7H15NO5S/c1-6(7(9)10)14(11,12)8(2)4-5-13-3/h6H,4-5H2,1-3H3,(H,9,10). The molecule has 0 bridgehead atoms. The van der Waals surface area contributed by atoms with Gasteiger partial charge in [-0.05, 0) is 6.92 Å². The van der Waals surface area contributed by atoms with Crippen LogP contribution in [0.3, 0.4) is 0 Å². The van der Waals surface area contributed by atoms with Crippen LogP contribution in [0.1, 0.15) is 6.92 Å². The molecule has 0 heterocycles. The lowest BCUT2D eigenvalue weighted by molar-refractivity contribution is -0.136. The molecule has 1 atom stereocenters. The fraction of sp³-hybridized carbons (Fsp3) is 0.857. The van der Waals surface area contributed by atoms with Crippen LogP contribution in [-0.4, -0.2) is 56.4 Å². The predicted octanol–water partition coefficient (Wildman–Crippen LogP) is -0.632. The molecule has 0 saturated carbocycles. The third-order valence-corrected chi connectivity index (χ3v) is 3.99. The lowest BCUT2D eigenvalue weighted by Gasteiger charge is -2.18. The third-order valence-electron chi connectivity index (χ3n) is 1.84. The van der Waals surface area contributed by atoms with Crippen molar-refractivity contribution in [1.29, 1.82) is 0 Å². The van der Waals surface area contributed by atoms with Crippen LogP contribution in [-0.2, 0) is 19.6 Å². The van der Waals surface area contributed by atoms with E-state index in [9.17, 15) is 13.2 Å². The molecular formula is C7H15NO5S. The predicted molar refractivity (Wildman–Crippen MR) is 50.5 cm³/mol. The smallest absolute Gasteiger partial charge is 0.323 e. The SMILES string of the molecule is COCCN(C)S(=O)(=O)C(C)C(=O)O. The minimum Gasteiger partial charge on any atom is -0.480 e. The molecule has 0 radical (unpaired) electrons. The van der Waals surface area contributed by atoms with E-state index in [1.807, 2.05) is 0 Å². The van der Waals surface area contributed by atoms with Gasteiger partial charge in [-0.2, -0.15) is 0 Å².